The average molecular weight is 309 g/mol. The summed E-state index contributed by atoms with van der Waals surface area (Å²) < 4.78 is 6.88. The van der Waals surface area contributed by atoms with Crippen LogP contribution in [0, 0.1) is 27.7 Å². The summed E-state index contributed by atoms with van der Waals surface area (Å²) in [5.41, 5.74) is 6.44. The number of esters is 1. The Morgan fingerprint density at radius 3 is 2.48 bits per heavy atom. The molecular weight excluding hydrogens is 290 g/mol. The van der Waals surface area contributed by atoms with Crippen LogP contribution in [-0.4, -0.2) is 21.6 Å². The number of benzene rings is 1. The number of hydrogen-bond acceptors (Lipinski definition) is 4. The molecule has 3 rings (SSSR count). The number of ether oxygens (including phenoxy) is 1. The predicted molar refractivity (Wildman–Crippen MR) is 89.7 cm³/mol. The molecule has 23 heavy (non-hydrogen) atoms. The van der Waals surface area contributed by atoms with Gasteiger partial charge in [0.05, 0.1) is 11.4 Å². The lowest BCUT2D eigenvalue weighted by Gasteiger charge is -2.09. The molecule has 5 nitrogen and oxygen atoms in total. The van der Waals surface area contributed by atoms with Gasteiger partial charge in [-0.25, -0.2) is 14.5 Å². The van der Waals surface area contributed by atoms with E-state index in [1.54, 1.807) is 13.0 Å². The summed E-state index contributed by atoms with van der Waals surface area (Å²) in [6.07, 6.45) is 1.75. The Bertz CT molecular complexity index is 873. The van der Waals surface area contributed by atoms with Crippen LogP contribution < -0.4 is 0 Å². The molecule has 0 radical (unpaired) electrons. The summed E-state index contributed by atoms with van der Waals surface area (Å²) in [6, 6.07) is 6.26. The highest BCUT2D eigenvalue weighted by molar-refractivity contribution is 6.06. The standard InChI is InChI=1S/C18H19N3O2/c1-10-6-7-17(11(2)8-10)21-13(4)15(12(3)20-21)9-16-18(22)23-14(5)19-16/h6-9H,1-5H3/b16-9-. The number of hydrogen-bond donors (Lipinski definition) is 0. The lowest BCUT2D eigenvalue weighted by atomic mass is 10.1. The fraction of sp³-hybridized carbons (Fsp3) is 0.278. The number of carbonyl (C=O) groups is 1. The summed E-state index contributed by atoms with van der Waals surface area (Å²) in [4.78, 5) is 15.9. The molecule has 1 aliphatic heterocycles. The lowest BCUT2D eigenvalue weighted by molar-refractivity contribution is -0.130. The van der Waals surface area contributed by atoms with Crippen LogP contribution in [0.25, 0.3) is 11.8 Å². The minimum absolute atomic E-state index is 0.314. The van der Waals surface area contributed by atoms with Gasteiger partial charge < -0.3 is 4.74 Å². The van der Waals surface area contributed by atoms with Crippen molar-refractivity contribution in [3.8, 4) is 5.69 Å². The average Bonchev–Trinajstić information content (AvgIpc) is 2.92. The maximum atomic E-state index is 11.7. The van der Waals surface area contributed by atoms with Crippen LogP contribution in [0.5, 0.6) is 0 Å². The fourth-order valence-electron chi connectivity index (χ4n) is 2.79. The molecule has 0 N–H and O–H groups in total. The maximum Gasteiger partial charge on any atom is 0.363 e. The van der Waals surface area contributed by atoms with Crippen molar-refractivity contribution in [3.63, 3.8) is 0 Å². The third-order valence-corrected chi connectivity index (χ3v) is 3.94. The van der Waals surface area contributed by atoms with Gasteiger partial charge in [0, 0.05) is 18.2 Å². The highest BCUT2D eigenvalue weighted by Crippen LogP contribution is 2.24. The summed E-state index contributed by atoms with van der Waals surface area (Å²) in [5, 5.41) is 4.63. The fourth-order valence-corrected chi connectivity index (χ4v) is 2.79. The van der Waals surface area contributed by atoms with Gasteiger partial charge in [-0.05, 0) is 45.4 Å². The molecular formula is C18H19N3O2. The van der Waals surface area contributed by atoms with Crippen molar-refractivity contribution in [2.45, 2.75) is 34.6 Å². The quantitative estimate of drug-likeness (QED) is 0.631. The summed E-state index contributed by atoms with van der Waals surface area (Å²) in [6.45, 7) is 9.72. The van der Waals surface area contributed by atoms with Crippen LogP contribution >= 0.6 is 0 Å². The van der Waals surface area contributed by atoms with Crippen molar-refractivity contribution >= 4 is 17.9 Å². The molecule has 1 aromatic carbocycles. The second kappa shape index (κ2) is 5.50. The summed E-state index contributed by atoms with van der Waals surface area (Å²) >= 11 is 0. The number of aryl methyl sites for hydroxylation is 3. The van der Waals surface area contributed by atoms with Crippen molar-refractivity contribution in [3.05, 3.63) is 52.0 Å². The van der Waals surface area contributed by atoms with E-state index in [0.29, 0.717) is 11.6 Å². The number of aromatic nitrogens is 2. The number of nitrogens with zero attached hydrogens (tertiary/aromatic N) is 3. The van der Waals surface area contributed by atoms with Gasteiger partial charge in [0.25, 0.3) is 0 Å². The van der Waals surface area contributed by atoms with Crippen LogP contribution in [0.2, 0.25) is 0 Å². The van der Waals surface area contributed by atoms with Crippen LogP contribution in [0.1, 0.15) is 35.0 Å². The number of carbonyl (C=O) groups excluding carboxylic acids is 1. The Labute approximate surface area is 135 Å². The Morgan fingerprint density at radius 1 is 1.13 bits per heavy atom. The molecule has 2 aromatic rings. The first-order chi connectivity index (χ1) is 10.9. The molecule has 0 aliphatic carbocycles. The first kappa shape index (κ1) is 15.2. The third kappa shape index (κ3) is 2.70. The van der Waals surface area contributed by atoms with Gasteiger partial charge in [-0.2, -0.15) is 5.10 Å². The summed E-state index contributed by atoms with van der Waals surface area (Å²) in [7, 11) is 0. The smallest absolute Gasteiger partial charge is 0.363 e. The van der Waals surface area contributed by atoms with E-state index in [4.69, 9.17) is 4.74 Å². The van der Waals surface area contributed by atoms with Crippen LogP contribution in [-0.2, 0) is 9.53 Å². The molecule has 5 heteroatoms. The van der Waals surface area contributed by atoms with Crippen molar-refractivity contribution in [2.75, 3.05) is 0 Å². The number of rotatable bonds is 2. The first-order valence-corrected chi connectivity index (χ1v) is 7.50. The molecule has 0 atom stereocenters. The highest BCUT2D eigenvalue weighted by Gasteiger charge is 2.22. The van der Waals surface area contributed by atoms with E-state index in [9.17, 15) is 4.79 Å². The van der Waals surface area contributed by atoms with E-state index in [1.165, 1.54) is 5.56 Å². The zero-order valence-electron chi connectivity index (χ0n) is 14.0. The second-order valence-electron chi connectivity index (χ2n) is 5.84. The van der Waals surface area contributed by atoms with E-state index >= 15 is 0 Å². The van der Waals surface area contributed by atoms with Crippen LogP contribution in [0.4, 0.5) is 0 Å². The van der Waals surface area contributed by atoms with Gasteiger partial charge in [0.2, 0.25) is 0 Å². The van der Waals surface area contributed by atoms with Gasteiger partial charge in [-0.15, -0.1) is 0 Å². The van der Waals surface area contributed by atoms with Crippen LogP contribution in [0.15, 0.2) is 28.9 Å². The zero-order valence-corrected chi connectivity index (χ0v) is 14.0. The minimum atomic E-state index is -0.416. The van der Waals surface area contributed by atoms with Gasteiger partial charge >= 0.3 is 5.97 Å². The summed E-state index contributed by atoms with van der Waals surface area (Å²) in [5.74, 6) is -0.0427. The number of aliphatic imine (C=N–C) groups is 1. The largest absolute Gasteiger partial charge is 0.407 e. The SMILES string of the molecule is CC1=N/C(=C\c2c(C)nn(-c3ccc(C)cc3C)c2C)C(=O)O1. The molecule has 0 spiro atoms. The van der Waals surface area contributed by atoms with Gasteiger partial charge in [0.1, 0.15) is 0 Å². The van der Waals surface area contributed by atoms with E-state index in [1.807, 2.05) is 18.5 Å². The molecule has 2 heterocycles. The normalized spacial score (nSPS) is 16.0. The van der Waals surface area contributed by atoms with Gasteiger partial charge in [-0.3, -0.25) is 0 Å². The Kier molecular flexibility index (Phi) is 3.64. The topological polar surface area (TPSA) is 56.5 Å². The van der Waals surface area contributed by atoms with Gasteiger partial charge in [-0.1, -0.05) is 17.7 Å². The maximum absolute atomic E-state index is 11.7. The Balaban J connectivity index is 2.10. The van der Waals surface area contributed by atoms with E-state index in [-0.39, 0.29) is 0 Å². The molecule has 0 saturated carbocycles. The van der Waals surface area contributed by atoms with Crippen molar-refractivity contribution in [2.24, 2.45) is 4.99 Å². The molecule has 0 fully saturated rings. The van der Waals surface area contributed by atoms with Crippen molar-refractivity contribution in [1.29, 1.82) is 0 Å². The Hall–Kier alpha value is -2.69. The zero-order chi connectivity index (χ0) is 16.7. The van der Waals surface area contributed by atoms with Crippen LogP contribution in [0.3, 0.4) is 0 Å². The van der Waals surface area contributed by atoms with E-state index in [0.717, 1.165) is 28.2 Å². The van der Waals surface area contributed by atoms with Gasteiger partial charge in [0.15, 0.2) is 11.6 Å². The van der Waals surface area contributed by atoms with Crippen molar-refractivity contribution in [1.82, 2.24) is 9.78 Å². The van der Waals surface area contributed by atoms with E-state index in [2.05, 4.69) is 42.1 Å². The number of cyclic esters (lactones) is 1. The monoisotopic (exact) mass is 309 g/mol. The molecule has 1 aliphatic rings. The van der Waals surface area contributed by atoms with Crippen molar-refractivity contribution < 1.29 is 9.53 Å². The molecule has 1 aromatic heterocycles. The molecule has 0 unspecified atom stereocenters. The molecule has 118 valence electrons. The second-order valence-corrected chi connectivity index (χ2v) is 5.84. The predicted octanol–water partition coefficient (Wildman–Crippen LogP) is 3.42. The first-order valence-electron chi connectivity index (χ1n) is 7.50. The third-order valence-electron chi connectivity index (χ3n) is 3.94. The Morgan fingerprint density at radius 2 is 1.87 bits per heavy atom. The minimum Gasteiger partial charge on any atom is -0.407 e. The van der Waals surface area contributed by atoms with E-state index < -0.39 is 5.97 Å². The highest BCUT2D eigenvalue weighted by atomic mass is 16.6. The molecule has 0 amide bonds. The lowest BCUT2D eigenvalue weighted by Crippen LogP contribution is -2.02. The molecule has 0 bridgehead atoms. The molecule has 0 saturated heterocycles.